The van der Waals surface area contributed by atoms with E-state index in [1.54, 1.807) is 22.3 Å². The molecule has 0 radical (unpaired) electrons. The number of amides is 1. The predicted molar refractivity (Wildman–Crippen MR) is 129 cm³/mol. The van der Waals surface area contributed by atoms with E-state index in [9.17, 15) is 4.79 Å². The zero-order chi connectivity index (χ0) is 22.9. The van der Waals surface area contributed by atoms with Gasteiger partial charge in [-0.3, -0.25) is 4.79 Å². The van der Waals surface area contributed by atoms with E-state index in [4.69, 9.17) is 0 Å². The van der Waals surface area contributed by atoms with Crippen LogP contribution in [0.5, 0.6) is 0 Å². The second kappa shape index (κ2) is 8.71. The summed E-state index contributed by atoms with van der Waals surface area (Å²) >= 11 is 1.61. The van der Waals surface area contributed by atoms with Gasteiger partial charge in [-0.15, -0.1) is 16.4 Å². The first kappa shape index (κ1) is 20.5. The summed E-state index contributed by atoms with van der Waals surface area (Å²) in [4.78, 5) is 23.6. The normalized spacial score (nSPS) is 14.2. The second-order valence-electron chi connectivity index (χ2n) is 8.26. The number of carbonyl (C=O) groups is 1. The topological polar surface area (TPSA) is 105 Å². The van der Waals surface area contributed by atoms with Crippen LogP contribution in [0.1, 0.15) is 27.9 Å². The first-order valence-corrected chi connectivity index (χ1v) is 12.0. The Hall–Kier alpha value is -4.05. The summed E-state index contributed by atoms with van der Waals surface area (Å²) in [5.74, 6) is 0.602. The highest BCUT2D eigenvalue weighted by molar-refractivity contribution is 7.10. The van der Waals surface area contributed by atoms with Gasteiger partial charge in [-0.2, -0.15) is 0 Å². The fourth-order valence-electron chi connectivity index (χ4n) is 4.38. The summed E-state index contributed by atoms with van der Waals surface area (Å²) < 4.78 is 1.61. The Morgan fingerprint density at radius 1 is 1.15 bits per heavy atom. The van der Waals surface area contributed by atoms with Gasteiger partial charge >= 0.3 is 0 Å². The lowest BCUT2D eigenvalue weighted by atomic mass is 10.00. The van der Waals surface area contributed by atoms with Crippen LogP contribution in [0.3, 0.4) is 0 Å². The average Bonchev–Trinajstić information content (AvgIpc) is 3.64. The fraction of sp³-hybridized carbons (Fsp3) is 0.208. The lowest BCUT2D eigenvalue weighted by Crippen LogP contribution is -2.38. The number of nitrogens with zero attached hydrogens (tertiary/aromatic N) is 6. The number of rotatable bonds is 6. The zero-order valence-electron chi connectivity index (χ0n) is 18.3. The van der Waals surface area contributed by atoms with Crippen LogP contribution in [0.25, 0.3) is 11.0 Å². The molecule has 0 fully saturated rings. The summed E-state index contributed by atoms with van der Waals surface area (Å²) in [5, 5.41) is 18.0. The molecule has 0 bridgehead atoms. The maximum Gasteiger partial charge on any atom is 0.244 e. The molecule has 1 aliphatic heterocycles. The number of aromatic nitrogens is 6. The Morgan fingerprint density at radius 2 is 2.06 bits per heavy atom. The number of anilines is 1. The monoisotopic (exact) mass is 470 g/mol. The van der Waals surface area contributed by atoms with Crippen LogP contribution in [0, 0.1) is 0 Å². The summed E-state index contributed by atoms with van der Waals surface area (Å²) in [6.07, 6.45) is 2.54. The third-order valence-electron chi connectivity index (χ3n) is 6.15. The van der Waals surface area contributed by atoms with Gasteiger partial charge < -0.3 is 15.2 Å². The SMILES string of the molecule is O=C(Cn1nnnc1C(Nc1ccc2nc[nH]c2c1)c1cccs1)N1CCc2ccccc2C1. The van der Waals surface area contributed by atoms with Crippen LogP contribution in [0.15, 0.2) is 66.3 Å². The molecule has 34 heavy (non-hydrogen) atoms. The molecule has 6 rings (SSSR count). The molecule has 2 N–H and O–H groups in total. The van der Waals surface area contributed by atoms with Crippen LogP contribution in [0.4, 0.5) is 5.69 Å². The van der Waals surface area contributed by atoms with E-state index < -0.39 is 0 Å². The minimum Gasteiger partial charge on any atom is -0.371 e. The maximum atomic E-state index is 13.2. The van der Waals surface area contributed by atoms with Crippen LogP contribution in [0.2, 0.25) is 0 Å². The van der Waals surface area contributed by atoms with Crippen molar-refractivity contribution >= 4 is 34.0 Å². The van der Waals surface area contributed by atoms with Gasteiger partial charge in [-0.05, 0) is 57.6 Å². The van der Waals surface area contributed by atoms with E-state index in [-0.39, 0.29) is 18.5 Å². The van der Waals surface area contributed by atoms with Crippen molar-refractivity contribution in [3.63, 3.8) is 0 Å². The van der Waals surface area contributed by atoms with Gasteiger partial charge in [0, 0.05) is 23.7 Å². The van der Waals surface area contributed by atoms with Crippen LogP contribution < -0.4 is 5.32 Å². The highest BCUT2D eigenvalue weighted by Crippen LogP contribution is 2.29. The van der Waals surface area contributed by atoms with Crippen molar-refractivity contribution in [1.29, 1.82) is 0 Å². The number of nitrogens with one attached hydrogen (secondary N) is 2. The number of aromatic amines is 1. The third kappa shape index (κ3) is 3.92. The standard InChI is InChI=1S/C24H22N8OS/c33-22(31-10-9-16-4-1-2-5-17(16)13-31)14-32-24(28-29-30-32)23(21-6-3-11-34-21)27-18-7-8-19-20(12-18)26-15-25-19/h1-8,11-12,15,23,27H,9-10,13-14H2,(H,25,26). The Morgan fingerprint density at radius 3 is 2.94 bits per heavy atom. The van der Waals surface area contributed by atoms with Crippen molar-refractivity contribution in [3.8, 4) is 0 Å². The first-order chi connectivity index (χ1) is 16.7. The summed E-state index contributed by atoms with van der Waals surface area (Å²) in [6, 6.07) is 18.0. The number of hydrogen-bond acceptors (Lipinski definition) is 7. The maximum absolute atomic E-state index is 13.2. The lowest BCUT2D eigenvalue weighted by Gasteiger charge is -2.29. The Labute approximate surface area is 199 Å². The molecule has 1 amide bonds. The van der Waals surface area contributed by atoms with Crippen molar-refractivity contribution in [2.24, 2.45) is 0 Å². The van der Waals surface area contributed by atoms with Gasteiger partial charge in [0.05, 0.1) is 17.4 Å². The molecule has 1 unspecified atom stereocenters. The molecule has 9 nitrogen and oxygen atoms in total. The highest BCUT2D eigenvalue weighted by atomic mass is 32.1. The molecule has 0 saturated heterocycles. The molecule has 170 valence electrons. The smallest absolute Gasteiger partial charge is 0.244 e. The quantitative estimate of drug-likeness (QED) is 0.394. The number of thiophene rings is 1. The molecule has 1 aliphatic rings. The van der Waals surface area contributed by atoms with E-state index in [0.717, 1.165) is 28.0 Å². The summed E-state index contributed by atoms with van der Waals surface area (Å²) in [6.45, 7) is 1.40. The number of benzene rings is 2. The highest BCUT2D eigenvalue weighted by Gasteiger charge is 2.26. The molecule has 5 aromatic rings. The Kier molecular flexibility index (Phi) is 5.27. The largest absolute Gasteiger partial charge is 0.371 e. The minimum absolute atomic E-state index is 0.00635. The molecule has 0 saturated carbocycles. The molecule has 1 atom stereocenters. The number of imidazole rings is 1. The molecule has 0 spiro atoms. The van der Waals surface area contributed by atoms with Crippen LogP contribution >= 0.6 is 11.3 Å². The molecule has 0 aliphatic carbocycles. The number of hydrogen-bond donors (Lipinski definition) is 2. The Bertz CT molecular complexity index is 1440. The minimum atomic E-state index is -0.301. The van der Waals surface area contributed by atoms with E-state index in [1.807, 2.05) is 52.7 Å². The first-order valence-electron chi connectivity index (χ1n) is 11.1. The number of carbonyl (C=O) groups excluding carboxylic acids is 1. The van der Waals surface area contributed by atoms with Crippen molar-refractivity contribution in [3.05, 3.63) is 88.1 Å². The van der Waals surface area contributed by atoms with Crippen molar-refractivity contribution in [1.82, 2.24) is 35.1 Å². The number of tetrazole rings is 1. The Balaban J connectivity index is 1.25. The lowest BCUT2D eigenvalue weighted by molar-refractivity contribution is -0.133. The number of fused-ring (bicyclic) bond motifs is 2. The molecule has 10 heteroatoms. The molecular weight excluding hydrogens is 448 g/mol. The van der Waals surface area contributed by atoms with Gasteiger partial charge in [0.2, 0.25) is 5.91 Å². The van der Waals surface area contributed by atoms with E-state index in [0.29, 0.717) is 18.9 Å². The molecular formula is C24H22N8OS. The third-order valence-corrected chi connectivity index (χ3v) is 7.08. The predicted octanol–water partition coefficient (Wildman–Crippen LogP) is 3.40. The summed E-state index contributed by atoms with van der Waals surface area (Å²) in [5.41, 5.74) is 5.26. The fourth-order valence-corrected chi connectivity index (χ4v) is 5.15. The van der Waals surface area contributed by atoms with Gasteiger partial charge in [0.1, 0.15) is 12.6 Å². The average molecular weight is 471 g/mol. The van der Waals surface area contributed by atoms with Crippen molar-refractivity contribution < 1.29 is 4.79 Å². The van der Waals surface area contributed by atoms with Gasteiger partial charge in [-0.1, -0.05) is 30.3 Å². The van der Waals surface area contributed by atoms with Crippen molar-refractivity contribution in [2.45, 2.75) is 25.6 Å². The number of H-pyrrole nitrogens is 1. The van der Waals surface area contributed by atoms with Crippen LogP contribution in [-0.4, -0.2) is 47.5 Å². The van der Waals surface area contributed by atoms with E-state index in [2.05, 4.69) is 42.9 Å². The van der Waals surface area contributed by atoms with Gasteiger partial charge in [-0.25, -0.2) is 9.67 Å². The zero-order valence-corrected chi connectivity index (χ0v) is 19.1. The molecule has 4 heterocycles. The van der Waals surface area contributed by atoms with Gasteiger partial charge in [0.15, 0.2) is 5.82 Å². The summed E-state index contributed by atoms with van der Waals surface area (Å²) in [7, 11) is 0. The van der Waals surface area contributed by atoms with Gasteiger partial charge in [0.25, 0.3) is 0 Å². The second-order valence-corrected chi connectivity index (χ2v) is 9.24. The van der Waals surface area contributed by atoms with Crippen molar-refractivity contribution in [2.75, 3.05) is 11.9 Å². The van der Waals surface area contributed by atoms with E-state index >= 15 is 0 Å². The molecule has 3 aromatic heterocycles. The van der Waals surface area contributed by atoms with E-state index in [1.165, 1.54) is 11.1 Å². The molecule has 2 aromatic carbocycles. The van der Waals surface area contributed by atoms with Crippen LogP contribution in [-0.2, 0) is 24.3 Å².